The van der Waals surface area contributed by atoms with Crippen molar-refractivity contribution < 1.29 is 4.79 Å². The second-order valence-electron chi connectivity index (χ2n) is 4.40. The molecule has 3 N–H and O–H groups in total. The Balaban J connectivity index is 2.62. The van der Waals surface area contributed by atoms with E-state index in [2.05, 4.69) is 5.10 Å². The average molecular weight is 272 g/mol. The Hall–Kier alpha value is -2.47. The number of benzene rings is 1. The third-order valence-corrected chi connectivity index (χ3v) is 3.00. The number of amides is 1. The van der Waals surface area contributed by atoms with Gasteiger partial charge in [-0.3, -0.25) is 15.0 Å². The van der Waals surface area contributed by atoms with Crippen molar-refractivity contribution in [2.45, 2.75) is 20.4 Å². The van der Waals surface area contributed by atoms with Gasteiger partial charge < -0.3 is 0 Å². The number of carbonyl (C=O) groups excluding carboxylic acids is 1. The maximum Gasteiger partial charge on any atom is 0.279 e. The van der Waals surface area contributed by atoms with Crippen LogP contribution < -0.4 is 16.8 Å². The molecule has 2 rings (SSSR count). The molecule has 0 fully saturated rings. The van der Waals surface area contributed by atoms with Crippen LogP contribution in [0.2, 0.25) is 0 Å². The summed E-state index contributed by atoms with van der Waals surface area (Å²) in [6.07, 6.45) is 0. The van der Waals surface area contributed by atoms with Crippen LogP contribution in [0, 0.1) is 6.92 Å². The Bertz CT molecular complexity index is 689. The Morgan fingerprint density at radius 3 is 2.55 bits per heavy atom. The van der Waals surface area contributed by atoms with Crippen molar-refractivity contribution in [3.8, 4) is 11.3 Å². The number of rotatable bonds is 3. The molecule has 20 heavy (non-hydrogen) atoms. The number of nitrogens with one attached hydrogen (secondary N) is 1. The first-order valence-electron chi connectivity index (χ1n) is 6.27. The summed E-state index contributed by atoms with van der Waals surface area (Å²) < 4.78 is 1.25. The summed E-state index contributed by atoms with van der Waals surface area (Å²) in [5.41, 5.74) is 4.03. The van der Waals surface area contributed by atoms with Gasteiger partial charge in [-0.1, -0.05) is 29.8 Å². The monoisotopic (exact) mass is 272 g/mol. The van der Waals surface area contributed by atoms with E-state index in [1.807, 2.05) is 36.6 Å². The summed E-state index contributed by atoms with van der Waals surface area (Å²) in [6, 6.07) is 9.14. The lowest BCUT2D eigenvalue weighted by atomic mass is 10.1. The third-order valence-electron chi connectivity index (χ3n) is 3.00. The van der Waals surface area contributed by atoms with Gasteiger partial charge >= 0.3 is 0 Å². The molecule has 0 spiro atoms. The highest BCUT2D eigenvalue weighted by Gasteiger charge is 2.14. The van der Waals surface area contributed by atoms with Gasteiger partial charge in [0.25, 0.3) is 11.5 Å². The Morgan fingerprint density at radius 2 is 2.00 bits per heavy atom. The first-order valence-corrected chi connectivity index (χ1v) is 6.27. The fraction of sp³-hybridized carbons (Fsp3) is 0.214. The number of carbonyl (C=O) groups is 1. The summed E-state index contributed by atoms with van der Waals surface area (Å²) >= 11 is 0. The van der Waals surface area contributed by atoms with Gasteiger partial charge in [0.1, 0.15) is 5.56 Å². The molecule has 0 unspecified atom stereocenters. The van der Waals surface area contributed by atoms with Crippen LogP contribution in [0.4, 0.5) is 0 Å². The van der Waals surface area contributed by atoms with E-state index < -0.39 is 11.5 Å². The Labute approximate surface area is 116 Å². The summed E-state index contributed by atoms with van der Waals surface area (Å²) in [7, 11) is 0. The van der Waals surface area contributed by atoms with Crippen LogP contribution in [0.1, 0.15) is 22.8 Å². The molecule has 0 atom stereocenters. The molecule has 0 saturated carbocycles. The van der Waals surface area contributed by atoms with Gasteiger partial charge in [0.05, 0.1) is 5.69 Å². The molecule has 6 nitrogen and oxygen atoms in total. The number of nitrogens with two attached hydrogens (primary N) is 1. The third kappa shape index (κ3) is 2.60. The SMILES string of the molecule is CCn1nc(-c2ccc(C)cc2)cc(C(=O)NN)c1=O. The molecule has 1 heterocycles. The van der Waals surface area contributed by atoms with Gasteiger partial charge in [0.15, 0.2) is 0 Å². The maximum absolute atomic E-state index is 12.0. The smallest absolute Gasteiger partial charge is 0.279 e. The molecular formula is C14H16N4O2. The fourth-order valence-corrected chi connectivity index (χ4v) is 1.86. The molecule has 104 valence electrons. The van der Waals surface area contributed by atoms with Crippen LogP contribution in [-0.2, 0) is 6.54 Å². The molecule has 2 aromatic rings. The quantitative estimate of drug-likeness (QED) is 0.492. The molecular weight excluding hydrogens is 256 g/mol. The Morgan fingerprint density at radius 1 is 1.35 bits per heavy atom. The normalized spacial score (nSPS) is 10.3. The minimum absolute atomic E-state index is 0.0140. The highest BCUT2D eigenvalue weighted by Crippen LogP contribution is 2.17. The molecule has 1 aromatic heterocycles. The molecule has 0 saturated heterocycles. The highest BCUT2D eigenvalue weighted by atomic mass is 16.2. The molecule has 0 aliphatic carbocycles. The number of hydrogen-bond donors (Lipinski definition) is 2. The molecule has 1 amide bonds. The van der Waals surface area contributed by atoms with Gasteiger partial charge in [-0.2, -0.15) is 5.10 Å². The van der Waals surface area contributed by atoms with Crippen molar-refractivity contribution in [2.75, 3.05) is 0 Å². The number of aryl methyl sites for hydroxylation is 2. The predicted octanol–water partition coefficient (Wildman–Crippen LogP) is 0.842. The van der Waals surface area contributed by atoms with E-state index in [1.54, 1.807) is 6.92 Å². The first kappa shape index (κ1) is 14.0. The first-order chi connectivity index (χ1) is 9.56. The second kappa shape index (κ2) is 5.66. The predicted molar refractivity (Wildman–Crippen MR) is 76.0 cm³/mol. The van der Waals surface area contributed by atoms with Crippen molar-refractivity contribution in [3.63, 3.8) is 0 Å². The summed E-state index contributed by atoms with van der Waals surface area (Å²) in [4.78, 5) is 23.7. The van der Waals surface area contributed by atoms with Crippen LogP contribution in [0.25, 0.3) is 11.3 Å². The zero-order valence-electron chi connectivity index (χ0n) is 11.4. The van der Waals surface area contributed by atoms with Gasteiger partial charge in [-0.05, 0) is 19.9 Å². The van der Waals surface area contributed by atoms with Crippen LogP contribution >= 0.6 is 0 Å². The average Bonchev–Trinajstić information content (AvgIpc) is 2.47. The van der Waals surface area contributed by atoms with Crippen LogP contribution in [-0.4, -0.2) is 15.7 Å². The van der Waals surface area contributed by atoms with Crippen molar-refractivity contribution in [3.05, 3.63) is 51.8 Å². The molecule has 1 aromatic carbocycles. The topological polar surface area (TPSA) is 90.0 Å². The van der Waals surface area contributed by atoms with E-state index in [4.69, 9.17) is 5.84 Å². The van der Waals surface area contributed by atoms with Crippen molar-refractivity contribution in [2.24, 2.45) is 5.84 Å². The molecule has 0 aliphatic heterocycles. The van der Waals surface area contributed by atoms with Gasteiger partial charge in [-0.25, -0.2) is 10.5 Å². The molecule has 6 heteroatoms. The van der Waals surface area contributed by atoms with Crippen LogP contribution in [0.3, 0.4) is 0 Å². The minimum atomic E-state index is -0.618. The standard InChI is InChI=1S/C14H16N4O2/c1-3-18-14(20)11(13(19)16-15)8-12(17-18)10-6-4-9(2)5-7-10/h4-8H,3,15H2,1-2H3,(H,16,19). The molecule has 0 bridgehead atoms. The second-order valence-corrected chi connectivity index (χ2v) is 4.40. The van der Waals surface area contributed by atoms with Crippen molar-refractivity contribution in [1.82, 2.24) is 15.2 Å². The van der Waals surface area contributed by atoms with Crippen molar-refractivity contribution >= 4 is 5.91 Å². The lowest BCUT2D eigenvalue weighted by Gasteiger charge is -2.08. The largest absolute Gasteiger partial charge is 0.290 e. The van der Waals surface area contributed by atoms with E-state index in [0.29, 0.717) is 12.2 Å². The highest BCUT2D eigenvalue weighted by molar-refractivity contribution is 5.94. The van der Waals surface area contributed by atoms with E-state index in [0.717, 1.165) is 11.1 Å². The molecule has 0 radical (unpaired) electrons. The minimum Gasteiger partial charge on any atom is -0.290 e. The van der Waals surface area contributed by atoms with Gasteiger partial charge in [0.2, 0.25) is 0 Å². The summed E-state index contributed by atoms with van der Waals surface area (Å²) in [5, 5.41) is 4.25. The summed E-state index contributed by atoms with van der Waals surface area (Å²) in [5.74, 6) is 4.49. The van der Waals surface area contributed by atoms with Gasteiger partial charge in [-0.15, -0.1) is 0 Å². The zero-order valence-corrected chi connectivity index (χ0v) is 11.4. The maximum atomic E-state index is 12.0. The number of nitrogen functional groups attached to an aromatic ring is 1. The fourth-order valence-electron chi connectivity index (χ4n) is 1.86. The van der Waals surface area contributed by atoms with E-state index in [-0.39, 0.29) is 5.56 Å². The number of hydrazine groups is 1. The zero-order chi connectivity index (χ0) is 14.7. The number of nitrogens with zero attached hydrogens (tertiary/aromatic N) is 2. The number of hydrogen-bond acceptors (Lipinski definition) is 4. The Kier molecular flexibility index (Phi) is 3.95. The lowest BCUT2D eigenvalue weighted by Crippen LogP contribution is -2.37. The number of aromatic nitrogens is 2. The van der Waals surface area contributed by atoms with E-state index in [1.165, 1.54) is 10.7 Å². The van der Waals surface area contributed by atoms with E-state index >= 15 is 0 Å². The van der Waals surface area contributed by atoms with Crippen LogP contribution in [0.15, 0.2) is 35.1 Å². The van der Waals surface area contributed by atoms with Crippen LogP contribution in [0.5, 0.6) is 0 Å². The van der Waals surface area contributed by atoms with E-state index in [9.17, 15) is 9.59 Å². The summed E-state index contributed by atoms with van der Waals surface area (Å²) in [6.45, 7) is 4.15. The lowest BCUT2D eigenvalue weighted by molar-refractivity contribution is 0.0951. The van der Waals surface area contributed by atoms with Gasteiger partial charge in [0, 0.05) is 12.1 Å². The van der Waals surface area contributed by atoms with Crippen molar-refractivity contribution in [1.29, 1.82) is 0 Å². The molecule has 0 aliphatic rings.